The van der Waals surface area contributed by atoms with Gasteiger partial charge in [-0.15, -0.1) is 24.2 Å². The summed E-state index contributed by atoms with van der Waals surface area (Å²) in [7, 11) is -2.58. The molecule has 3 aliphatic heterocycles. The van der Waals surface area contributed by atoms with Crippen LogP contribution in [-0.4, -0.2) is 79.9 Å². The minimum absolute atomic E-state index is 0. The largest absolute Gasteiger partial charge is 3.00 e. The van der Waals surface area contributed by atoms with Gasteiger partial charge >= 0.3 is 25.8 Å². The van der Waals surface area contributed by atoms with Gasteiger partial charge in [0.2, 0.25) is 17.7 Å². The molecule has 0 spiro atoms. The fourth-order valence-electron chi connectivity index (χ4n) is 3.29. The van der Waals surface area contributed by atoms with Crippen molar-refractivity contribution >= 4 is 41.9 Å². The molecule has 0 radical (unpaired) electrons. The summed E-state index contributed by atoms with van der Waals surface area (Å²) in [6, 6.07) is 0.445. The molecule has 242 valence electrons. The van der Waals surface area contributed by atoms with Crippen LogP contribution in [0.25, 0.3) is 0 Å². The van der Waals surface area contributed by atoms with E-state index in [1.165, 1.54) is 0 Å². The van der Waals surface area contributed by atoms with Crippen molar-refractivity contribution in [1.29, 1.82) is 0 Å². The summed E-state index contributed by atoms with van der Waals surface area (Å²) < 4.78 is 18.1. The molecule has 0 bridgehead atoms. The molecule has 0 saturated heterocycles. The van der Waals surface area contributed by atoms with Crippen LogP contribution in [0.4, 0.5) is 0 Å². The smallest absolute Gasteiger partial charge is 0.478 e. The third-order valence-corrected chi connectivity index (χ3v) is 5.61. The fourth-order valence-corrected chi connectivity index (χ4v) is 3.29. The molecule has 0 N–H and O–H groups in total. The van der Waals surface area contributed by atoms with Crippen molar-refractivity contribution in [3.8, 4) is 0 Å². The zero-order valence-electron chi connectivity index (χ0n) is 30.4. The first-order valence-electron chi connectivity index (χ1n) is 15.4. The van der Waals surface area contributed by atoms with Crippen molar-refractivity contribution in [2.24, 2.45) is 38.1 Å². The van der Waals surface area contributed by atoms with Gasteiger partial charge in [-0.2, -0.15) is 0 Å². The van der Waals surface area contributed by atoms with Crippen molar-refractivity contribution in [3.63, 3.8) is 0 Å². The van der Waals surface area contributed by atoms with Crippen LogP contribution in [0.5, 0.6) is 0 Å². The SMILES string of the molecule is CC(C)[C@H]1COC(C(C)(C2=N[C@@H](C(C)C)CO2)C2=N[C@@H](C(C)C)CO2)=N1.[CH2-][Si](C)(C)C.[CH2-][Si](C)(C)C.[CH2-][Si](C)(C)C.[Sc+3]. The molecule has 0 fully saturated rings. The Kier molecular flexibility index (Phi) is 19.1. The minimum atomic E-state index is -0.861. The number of rotatable bonds is 6. The van der Waals surface area contributed by atoms with Crippen molar-refractivity contribution in [3.05, 3.63) is 19.6 Å². The molecule has 3 heterocycles. The van der Waals surface area contributed by atoms with E-state index in [-0.39, 0.29) is 44.0 Å². The summed E-state index contributed by atoms with van der Waals surface area (Å²) in [6.07, 6.45) is 0. The second-order valence-corrected chi connectivity index (χ2v) is 31.8. The molecule has 6 nitrogen and oxygen atoms in total. The molecule has 0 aromatic heterocycles. The normalized spacial score (nSPS) is 22.1. The van der Waals surface area contributed by atoms with E-state index in [1.54, 1.807) is 0 Å². The maximum atomic E-state index is 6.04. The van der Waals surface area contributed by atoms with Crippen molar-refractivity contribution in [2.45, 2.75) is 126 Å². The summed E-state index contributed by atoms with van der Waals surface area (Å²) in [5.74, 6) is 3.14. The Balaban J connectivity index is 0. The van der Waals surface area contributed by atoms with E-state index >= 15 is 0 Å². The van der Waals surface area contributed by atoms with Gasteiger partial charge in [0, 0.05) is 0 Å². The molecular weight excluding hydrogens is 604 g/mol. The second-order valence-electron chi connectivity index (χ2n) is 16.5. The Morgan fingerprint density at radius 2 is 0.714 bits per heavy atom. The number of ether oxygens (including phenoxy) is 3. The maximum Gasteiger partial charge on any atom is 3.00 e. The first-order chi connectivity index (χ1) is 18.2. The first-order valence-corrected chi connectivity index (χ1v) is 26.5. The van der Waals surface area contributed by atoms with Gasteiger partial charge in [-0.05, 0) is 24.7 Å². The van der Waals surface area contributed by atoms with E-state index in [0.29, 0.717) is 55.3 Å². The summed E-state index contributed by atoms with van der Waals surface area (Å²) in [5.41, 5.74) is -0.781. The van der Waals surface area contributed by atoms with Gasteiger partial charge < -0.3 is 33.9 Å². The van der Waals surface area contributed by atoms with Crippen molar-refractivity contribution in [1.82, 2.24) is 0 Å². The molecule has 42 heavy (non-hydrogen) atoms. The van der Waals surface area contributed by atoms with Crippen LogP contribution in [-0.2, 0) is 40.1 Å². The Bertz CT molecular complexity index is 756. The minimum Gasteiger partial charge on any atom is -0.478 e. The predicted molar refractivity (Wildman–Crippen MR) is 190 cm³/mol. The number of hydrogen-bond donors (Lipinski definition) is 0. The Morgan fingerprint density at radius 3 is 0.833 bits per heavy atom. The van der Waals surface area contributed by atoms with Crippen LogP contribution in [0.1, 0.15) is 48.5 Å². The molecule has 0 saturated carbocycles. The Labute approximate surface area is 283 Å². The summed E-state index contributed by atoms with van der Waals surface area (Å²) in [4.78, 5) is 14.6. The molecule has 3 rings (SSSR count). The molecule has 10 heteroatoms. The first kappa shape index (κ1) is 44.1. The van der Waals surface area contributed by atoms with E-state index in [2.05, 4.69) is 120 Å². The standard InChI is InChI=1S/C20H33N3O3.3C4H11Si.Sc/c1-11(2)14-8-24-17(21-14)20(7,18-22-15(9-25-18)12(3)4)19-23-16(10-26-19)13(5)6;3*1-5(2,3)4;/h11-16H,8-10H2,1-7H3;3*1H2,2-4H3;/q;3*-1;+3/t14-,15-,16-;;;;/m1..../s1. The average molecular weight is 670 g/mol. The van der Waals surface area contributed by atoms with Gasteiger partial charge in [0.25, 0.3) is 0 Å². The zero-order chi connectivity index (χ0) is 32.6. The molecule has 0 aliphatic carbocycles. The molecule has 0 amide bonds. The van der Waals surface area contributed by atoms with E-state index in [4.69, 9.17) is 29.2 Å². The van der Waals surface area contributed by atoms with Crippen molar-refractivity contribution in [2.75, 3.05) is 19.8 Å². The van der Waals surface area contributed by atoms with Gasteiger partial charge in [-0.3, -0.25) is 0 Å². The topological polar surface area (TPSA) is 64.8 Å². The van der Waals surface area contributed by atoms with E-state index in [1.807, 2.05) is 6.92 Å². The van der Waals surface area contributed by atoms with Gasteiger partial charge in [-0.1, -0.05) is 100 Å². The maximum absolute atomic E-state index is 6.04. The molecule has 0 unspecified atom stereocenters. The Hall–Kier alpha value is -0.0692. The quantitative estimate of drug-likeness (QED) is 0.211. The number of aliphatic imine (C=N–C) groups is 3. The van der Waals surface area contributed by atoms with E-state index in [9.17, 15) is 0 Å². The van der Waals surface area contributed by atoms with Crippen LogP contribution in [0.3, 0.4) is 0 Å². The number of hydrogen-bond acceptors (Lipinski definition) is 6. The van der Waals surface area contributed by atoms with Crippen LogP contribution in [0.15, 0.2) is 15.0 Å². The molecule has 3 aliphatic rings. The third-order valence-electron chi connectivity index (χ3n) is 5.61. The number of nitrogens with zero attached hydrogens (tertiary/aromatic N) is 3. The van der Waals surface area contributed by atoms with Gasteiger partial charge in [0.1, 0.15) is 19.8 Å². The van der Waals surface area contributed by atoms with E-state index < -0.39 is 29.6 Å². The van der Waals surface area contributed by atoms with Crippen LogP contribution >= 0.6 is 0 Å². The van der Waals surface area contributed by atoms with Crippen molar-refractivity contribution < 1.29 is 40.1 Å². The van der Waals surface area contributed by atoms with Crippen LogP contribution in [0, 0.1) is 42.8 Å². The van der Waals surface area contributed by atoms with Crippen LogP contribution < -0.4 is 0 Å². The van der Waals surface area contributed by atoms with Crippen LogP contribution in [0.2, 0.25) is 58.9 Å². The zero-order valence-corrected chi connectivity index (χ0v) is 35.2. The molecule has 0 aromatic carbocycles. The molecule has 0 aromatic rings. The second kappa shape index (κ2) is 18.2. The molecule has 3 atom stereocenters. The summed E-state index contributed by atoms with van der Waals surface area (Å²) >= 11 is 0. The van der Waals surface area contributed by atoms with E-state index in [0.717, 1.165) is 0 Å². The average Bonchev–Trinajstić information content (AvgIpc) is 3.50. The third kappa shape index (κ3) is 18.7. The van der Waals surface area contributed by atoms with Gasteiger partial charge in [-0.25, -0.2) is 15.0 Å². The summed E-state index contributed by atoms with van der Waals surface area (Å²) in [5, 5.41) is 0. The van der Waals surface area contributed by atoms with Gasteiger partial charge in [0.15, 0.2) is 5.41 Å². The monoisotopic (exact) mass is 669 g/mol. The predicted octanol–water partition coefficient (Wildman–Crippen LogP) is 8.44. The Morgan fingerprint density at radius 1 is 0.548 bits per heavy atom. The summed E-state index contributed by atoms with van der Waals surface area (Å²) in [6.45, 7) is 48.4. The molecular formula is C32H66N3O3ScSi3. The fraction of sp³-hybridized carbons (Fsp3) is 0.812. The van der Waals surface area contributed by atoms with Gasteiger partial charge in [0.05, 0.1) is 18.1 Å².